The van der Waals surface area contributed by atoms with E-state index in [1.807, 2.05) is 18.2 Å². The van der Waals surface area contributed by atoms with Gasteiger partial charge < -0.3 is 9.80 Å². The number of benzene rings is 5. The lowest BCUT2D eigenvalue weighted by atomic mass is 9.71. The molecule has 0 N–H and O–H groups in total. The van der Waals surface area contributed by atoms with Gasteiger partial charge in [0, 0.05) is 11.1 Å². The fourth-order valence-corrected chi connectivity index (χ4v) is 6.39. The lowest BCUT2D eigenvalue weighted by molar-refractivity contribution is 0.637. The second-order valence-corrected chi connectivity index (χ2v) is 10.4. The van der Waals surface area contributed by atoms with Crippen molar-refractivity contribution >= 4 is 50.0 Å². The fraction of sp³-hybridized carbons (Fsp3) is 0.0857. The van der Waals surface area contributed by atoms with Gasteiger partial charge in [0.1, 0.15) is 0 Å². The Morgan fingerprint density at radius 1 is 0.703 bits per heavy atom. The van der Waals surface area contributed by atoms with Crippen molar-refractivity contribution < 1.29 is 0 Å². The molecule has 0 fully saturated rings. The summed E-state index contributed by atoms with van der Waals surface area (Å²) in [6.45, 7) is 12.9. The zero-order chi connectivity index (χ0) is 25.3. The fourth-order valence-electron chi connectivity index (χ4n) is 6.39. The van der Waals surface area contributed by atoms with Crippen LogP contribution in [0.5, 0.6) is 0 Å². The third-order valence-electron chi connectivity index (χ3n) is 7.99. The van der Waals surface area contributed by atoms with Gasteiger partial charge in [-0.2, -0.15) is 0 Å². The van der Waals surface area contributed by atoms with E-state index in [0.717, 1.165) is 17.1 Å². The average molecular weight is 477 g/mol. The van der Waals surface area contributed by atoms with Crippen LogP contribution in [0.3, 0.4) is 0 Å². The Morgan fingerprint density at radius 2 is 1.32 bits per heavy atom. The molecule has 0 spiro atoms. The van der Waals surface area contributed by atoms with Gasteiger partial charge >= 0.3 is 0 Å². The number of rotatable bonds is 3. The molecule has 0 atom stereocenters. The second kappa shape index (κ2) is 7.72. The summed E-state index contributed by atoms with van der Waals surface area (Å²) in [7, 11) is 0. The Balaban J connectivity index is 1.71. The number of anilines is 5. The van der Waals surface area contributed by atoms with Gasteiger partial charge in [-0.25, -0.2) is 0 Å². The van der Waals surface area contributed by atoms with Crippen molar-refractivity contribution in [2.24, 2.45) is 0 Å². The van der Waals surface area contributed by atoms with Crippen molar-refractivity contribution in [1.82, 2.24) is 0 Å². The van der Waals surface area contributed by atoms with E-state index in [4.69, 9.17) is 0 Å². The van der Waals surface area contributed by atoms with Crippen LogP contribution in [0.1, 0.15) is 25.0 Å². The van der Waals surface area contributed by atoms with Gasteiger partial charge in [0.25, 0.3) is 0 Å². The summed E-state index contributed by atoms with van der Waals surface area (Å²) in [5.74, 6) is 0. The zero-order valence-electron chi connectivity index (χ0n) is 21.2. The van der Waals surface area contributed by atoms with Gasteiger partial charge in [-0.15, -0.1) is 0 Å². The first kappa shape index (κ1) is 21.7. The minimum Gasteiger partial charge on any atom is -0.306 e. The molecule has 178 valence electrons. The minimum atomic E-state index is -0.186. The van der Waals surface area contributed by atoms with Crippen LogP contribution >= 0.6 is 0 Å². The van der Waals surface area contributed by atoms with Crippen molar-refractivity contribution in [1.29, 1.82) is 0 Å². The smallest absolute Gasteiger partial charge is 0.0750 e. The SMILES string of the molecule is C=C/C=C(\C=C)N1c2cc3ccccc3cc2N2c3ccccc3C(C)(C)c3c2c1cc1ccccc31. The first-order valence-corrected chi connectivity index (χ1v) is 12.8. The molecule has 0 bridgehead atoms. The van der Waals surface area contributed by atoms with Crippen LogP contribution in [0.4, 0.5) is 28.4 Å². The van der Waals surface area contributed by atoms with Crippen molar-refractivity contribution in [2.45, 2.75) is 19.3 Å². The Hall–Kier alpha value is -4.56. The summed E-state index contributed by atoms with van der Waals surface area (Å²) < 4.78 is 0. The van der Waals surface area contributed by atoms with Crippen LogP contribution in [-0.2, 0) is 5.41 Å². The van der Waals surface area contributed by atoms with E-state index >= 15 is 0 Å². The molecular formula is C35H28N2. The molecule has 2 nitrogen and oxygen atoms in total. The molecule has 5 aromatic carbocycles. The van der Waals surface area contributed by atoms with Gasteiger partial charge in [-0.1, -0.05) is 99.8 Å². The van der Waals surface area contributed by atoms with E-state index in [0.29, 0.717) is 0 Å². The van der Waals surface area contributed by atoms with Gasteiger partial charge in [0.2, 0.25) is 0 Å². The van der Waals surface area contributed by atoms with E-state index < -0.39 is 0 Å². The first-order chi connectivity index (χ1) is 18.0. The number of allylic oxidation sites excluding steroid dienone is 3. The van der Waals surface area contributed by atoms with Crippen LogP contribution < -0.4 is 9.80 Å². The van der Waals surface area contributed by atoms with Crippen molar-refractivity contribution in [3.05, 3.63) is 139 Å². The minimum absolute atomic E-state index is 0.186. The number of nitrogens with zero attached hydrogens (tertiary/aromatic N) is 2. The van der Waals surface area contributed by atoms with E-state index in [-0.39, 0.29) is 5.41 Å². The average Bonchev–Trinajstić information content (AvgIpc) is 2.92. The summed E-state index contributed by atoms with van der Waals surface area (Å²) in [6.07, 6.45) is 5.82. The molecule has 37 heavy (non-hydrogen) atoms. The number of hydrogen-bond donors (Lipinski definition) is 0. The zero-order valence-corrected chi connectivity index (χ0v) is 21.2. The Kier molecular flexibility index (Phi) is 4.53. The molecule has 2 aliphatic rings. The first-order valence-electron chi connectivity index (χ1n) is 12.8. The predicted molar refractivity (Wildman–Crippen MR) is 159 cm³/mol. The summed E-state index contributed by atoms with van der Waals surface area (Å²) in [5.41, 5.74) is 9.44. The highest BCUT2D eigenvalue weighted by Gasteiger charge is 2.43. The molecule has 0 amide bonds. The highest BCUT2D eigenvalue weighted by atomic mass is 15.3. The summed E-state index contributed by atoms with van der Waals surface area (Å²) in [5, 5.41) is 4.97. The van der Waals surface area contributed by atoms with Crippen LogP contribution in [0, 0.1) is 0 Å². The lowest BCUT2D eigenvalue weighted by Crippen LogP contribution is -2.35. The number of para-hydroxylation sites is 1. The lowest BCUT2D eigenvalue weighted by Gasteiger charge is -2.49. The van der Waals surface area contributed by atoms with E-state index in [9.17, 15) is 0 Å². The molecular weight excluding hydrogens is 448 g/mol. The molecule has 0 saturated heterocycles. The molecule has 0 aromatic heterocycles. The van der Waals surface area contributed by atoms with Crippen LogP contribution in [0.2, 0.25) is 0 Å². The van der Waals surface area contributed by atoms with Crippen molar-refractivity contribution in [3.63, 3.8) is 0 Å². The largest absolute Gasteiger partial charge is 0.306 e. The van der Waals surface area contributed by atoms with Crippen LogP contribution in [0.15, 0.2) is 128 Å². The standard InChI is InChI=1S/C35H28N2/c1-5-13-26(6-2)36-30-20-23-14-7-8-15-24(23)21-31(30)37-29-19-12-11-18-28(29)35(3,4)33-27-17-10-9-16-25(27)22-32(36)34(33)37/h5-22H,1-2H2,3-4H3/b26-13+. The summed E-state index contributed by atoms with van der Waals surface area (Å²) in [4.78, 5) is 4.85. The second-order valence-electron chi connectivity index (χ2n) is 10.4. The Morgan fingerprint density at radius 3 is 2.05 bits per heavy atom. The number of hydrogen-bond acceptors (Lipinski definition) is 2. The van der Waals surface area contributed by atoms with E-state index in [1.165, 1.54) is 49.7 Å². The molecule has 0 saturated carbocycles. The van der Waals surface area contributed by atoms with Crippen molar-refractivity contribution in [2.75, 3.05) is 9.80 Å². The normalized spacial score (nSPS) is 15.2. The molecule has 5 aromatic rings. The van der Waals surface area contributed by atoms with Gasteiger partial charge in [0.15, 0.2) is 0 Å². The molecule has 2 heterocycles. The third-order valence-corrected chi connectivity index (χ3v) is 7.99. The molecule has 0 radical (unpaired) electrons. The maximum Gasteiger partial charge on any atom is 0.0750 e. The molecule has 7 rings (SSSR count). The third kappa shape index (κ3) is 2.87. The highest BCUT2D eigenvalue weighted by Crippen LogP contribution is 2.62. The van der Waals surface area contributed by atoms with Gasteiger partial charge in [0.05, 0.1) is 28.4 Å². The monoisotopic (exact) mass is 476 g/mol. The molecule has 0 aliphatic carbocycles. The van der Waals surface area contributed by atoms with E-state index in [1.54, 1.807) is 0 Å². The topological polar surface area (TPSA) is 6.48 Å². The van der Waals surface area contributed by atoms with E-state index in [2.05, 4.69) is 128 Å². The highest BCUT2D eigenvalue weighted by molar-refractivity contribution is 6.12. The van der Waals surface area contributed by atoms with Gasteiger partial charge in [-0.3, -0.25) is 0 Å². The summed E-state index contributed by atoms with van der Waals surface area (Å²) >= 11 is 0. The quantitative estimate of drug-likeness (QED) is 0.239. The molecule has 2 heteroatoms. The number of fused-ring (bicyclic) bond motifs is 7. The maximum atomic E-state index is 4.19. The predicted octanol–water partition coefficient (Wildman–Crippen LogP) is 9.81. The van der Waals surface area contributed by atoms with Crippen LogP contribution in [-0.4, -0.2) is 0 Å². The maximum absolute atomic E-state index is 4.19. The Labute approximate surface area is 218 Å². The van der Waals surface area contributed by atoms with Crippen molar-refractivity contribution in [3.8, 4) is 0 Å². The van der Waals surface area contributed by atoms with Crippen LogP contribution in [0.25, 0.3) is 21.5 Å². The molecule has 0 unspecified atom stereocenters. The summed E-state index contributed by atoms with van der Waals surface area (Å²) in [6, 6.07) is 33.2. The molecule has 2 aliphatic heterocycles. The Bertz CT molecular complexity index is 1800. The van der Waals surface area contributed by atoms with Gasteiger partial charge in [-0.05, 0) is 69.1 Å².